The second-order valence-electron chi connectivity index (χ2n) is 10.3. The van der Waals surface area contributed by atoms with Crippen LogP contribution in [0.1, 0.15) is 47.4 Å². The molecule has 4 rings (SSSR count). The van der Waals surface area contributed by atoms with Crippen LogP contribution in [0.25, 0.3) is 11.1 Å². The van der Waals surface area contributed by atoms with E-state index in [1.807, 2.05) is 94.6 Å². The van der Waals surface area contributed by atoms with Gasteiger partial charge < -0.3 is 10.1 Å². The predicted molar refractivity (Wildman–Crippen MR) is 160 cm³/mol. The number of thiazole rings is 1. The first-order chi connectivity index (χ1) is 18.5. The Morgan fingerprint density at radius 3 is 2.31 bits per heavy atom. The molecule has 0 aliphatic rings. The number of halogens is 1. The van der Waals surface area contributed by atoms with Crippen molar-refractivity contribution in [3.63, 3.8) is 0 Å². The zero-order chi connectivity index (χ0) is 28.2. The average molecular weight is 562 g/mol. The van der Waals surface area contributed by atoms with Gasteiger partial charge in [0, 0.05) is 40.3 Å². The Morgan fingerprint density at radius 2 is 1.69 bits per heavy atom. The molecule has 1 N–H and O–H groups in total. The number of aromatic nitrogens is 1. The van der Waals surface area contributed by atoms with Gasteiger partial charge in [0.25, 0.3) is 5.91 Å². The van der Waals surface area contributed by atoms with Crippen molar-refractivity contribution in [1.82, 2.24) is 4.98 Å². The van der Waals surface area contributed by atoms with Crippen LogP contribution in [-0.2, 0) is 11.2 Å². The monoisotopic (exact) mass is 561 g/mol. The van der Waals surface area contributed by atoms with Crippen molar-refractivity contribution in [2.75, 3.05) is 16.8 Å². The van der Waals surface area contributed by atoms with Crippen molar-refractivity contribution < 1.29 is 14.3 Å². The Morgan fingerprint density at radius 1 is 1.00 bits per heavy atom. The molecule has 202 valence electrons. The zero-order valence-electron chi connectivity index (χ0n) is 22.7. The summed E-state index contributed by atoms with van der Waals surface area (Å²) in [6.45, 7) is 9.86. The van der Waals surface area contributed by atoms with Crippen LogP contribution >= 0.6 is 22.9 Å². The molecular weight excluding hydrogens is 530 g/mol. The van der Waals surface area contributed by atoms with Gasteiger partial charge in [-0.25, -0.2) is 9.78 Å². The number of amides is 2. The van der Waals surface area contributed by atoms with Crippen molar-refractivity contribution in [2.24, 2.45) is 0 Å². The van der Waals surface area contributed by atoms with E-state index in [1.165, 1.54) is 0 Å². The number of ether oxygens (including phenoxy) is 1. The normalized spacial score (nSPS) is 11.2. The van der Waals surface area contributed by atoms with Crippen LogP contribution in [0.3, 0.4) is 0 Å². The highest BCUT2D eigenvalue weighted by Crippen LogP contribution is 2.28. The molecule has 0 saturated heterocycles. The number of benzene rings is 3. The molecule has 0 aliphatic carbocycles. The highest BCUT2D eigenvalue weighted by Gasteiger charge is 2.24. The fourth-order valence-electron chi connectivity index (χ4n) is 4.04. The van der Waals surface area contributed by atoms with Crippen molar-refractivity contribution in [2.45, 2.75) is 46.6 Å². The summed E-state index contributed by atoms with van der Waals surface area (Å²) in [7, 11) is 0. The standard InChI is InChI=1S/C31H32ClN3O3S/c1-20-6-15-27(22-7-9-23(32)10-8-22)28(18-20)29(36)34-24-11-13-26(14-12-24)35(30(37)38-31(3,4)5)17-16-25-19-39-21(2)33-25/h6-15,18-19H,16-17H2,1-5H3,(H,34,36). The third-order valence-corrected chi connectivity index (χ3v) is 6.96. The number of aryl methyl sites for hydroxylation is 2. The van der Waals surface area contributed by atoms with Gasteiger partial charge >= 0.3 is 6.09 Å². The van der Waals surface area contributed by atoms with Crippen LogP contribution < -0.4 is 10.2 Å². The lowest BCUT2D eigenvalue weighted by molar-refractivity contribution is 0.0580. The minimum Gasteiger partial charge on any atom is -0.443 e. The highest BCUT2D eigenvalue weighted by atomic mass is 35.5. The second-order valence-corrected chi connectivity index (χ2v) is 11.8. The third-order valence-electron chi connectivity index (χ3n) is 5.88. The van der Waals surface area contributed by atoms with E-state index < -0.39 is 11.7 Å². The average Bonchev–Trinajstić information content (AvgIpc) is 3.29. The van der Waals surface area contributed by atoms with E-state index in [-0.39, 0.29) is 5.91 Å². The number of rotatable bonds is 7. The summed E-state index contributed by atoms with van der Waals surface area (Å²) < 4.78 is 5.67. The molecule has 0 radical (unpaired) electrons. The van der Waals surface area contributed by atoms with Gasteiger partial charge in [-0.15, -0.1) is 11.3 Å². The maximum absolute atomic E-state index is 13.3. The van der Waals surface area contributed by atoms with Crippen LogP contribution in [0, 0.1) is 13.8 Å². The molecule has 0 aliphatic heterocycles. The molecule has 0 spiro atoms. The summed E-state index contributed by atoms with van der Waals surface area (Å²) in [5.41, 5.74) is 4.87. The smallest absolute Gasteiger partial charge is 0.414 e. The Kier molecular flexibility index (Phi) is 8.73. The number of carbonyl (C=O) groups excluding carboxylic acids is 2. The maximum Gasteiger partial charge on any atom is 0.414 e. The third kappa shape index (κ3) is 7.68. The van der Waals surface area contributed by atoms with Crippen molar-refractivity contribution in [3.05, 3.63) is 99.0 Å². The molecule has 8 heteroatoms. The number of nitrogens with one attached hydrogen (secondary N) is 1. The van der Waals surface area contributed by atoms with E-state index in [0.29, 0.717) is 34.9 Å². The van der Waals surface area contributed by atoms with Gasteiger partial charge in [0.15, 0.2) is 0 Å². The van der Waals surface area contributed by atoms with E-state index in [0.717, 1.165) is 27.4 Å². The summed E-state index contributed by atoms with van der Waals surface area (Å²) >= 11 is 7.64. The predicted octanol–water partition coefficient (Wildman–Crippen LogP) is 8.32. The molecule has 1 aromatic heterocycles. The first-order valence-corrected chi connectivity index (χ1v) is 13.9. The van der Waals surface area contributed by atoms with E-state index in [2.05, 4.69) is 10.3 Å². The minimum atomic E-state index is -0.629. The summed E-state index contributed by atoms with van der Waals surface area (Å²) in [5, 5.41) is 6.62. The summed E-state index contributed by atoms with van der Waals surface area (Å²) in [5.74, 6) is -0.223. The minimum absolute atomic E-state index is 0.223. The van der Waals surface area contributed by atoms with Crippen LogP contribution in [-0.4, -0.2) is 29.1 Å². The molecule has 4 aromatic rings. The topological polar surface area (TPSA) is 71.5 Å². The molecule has 0 fully saturated rings. The Hall–Kier alpha value is -3.68. The molecule has 2 amide bonds. The van der Waals surface area contributed by atoms with Crippen molar-refractivity contribution in [3.8, 4) is 11.1 Å². The van der Waals surface area contributed by atoms with Gasteiger partial charge in [-0.3, -0.25) is 9.69 Å². The molecule has 0 atom stereocenters. The van der Waals surface area contributed by atoms with E-state index in [1.54, 1.807) is 28.4 Å². The van der Waals surface area contributed by atoms with Crippen LogP contribution in [0.2, 0.25) is 5.02 Å². The van der Waals surface area contributed by atoms with Crippen molar-refractivity contribution >= 4 is 46.3 Å². The Balaban J connectivity index is 1.54. The number of hydrogen-bond acceptors (Lipinski definition) is 5. The molecule has 0 bridgehead atoms. The number of anilines is 2. The molecule has 0 unspecified atom stereocenters. The largest absolute Gasteiger partial charge is 0.443 e. The van der Waals surface area contributed by atoms with Crippen LogP contribution in [0.4, 0.5) is 16.2 Å². The fourth-order valence-corrected chi connectivity index (χ4v) is 4.82. The van der Waals surface area contributed by atoms with Crippen LogP contribution in [0.5, 0.6) is 0 Å². The summed E-state index contributed by atoms with van der Waals surface area (Å²) in [6.07, 6.45) is 0.168. The highest BCUT2D eigenvalue weighted by molar-refractivity contribution is 7.09. The van der Waals surface area contributed by atoms with Gasteiger partial charge in [-0.2, -0.15) is 0 Å². The quantitative estimate of drug-likeness (QED) is 0.246. The molecule has 39 heavy (non-hydrogen) atoms. The SMILES string of the molecule is Cc1ccc(-c2ccc(Cl)cc2)c(C(=O)Nc2ccc(N(CCc3csc(C)n3)C(=O)OC(C)(C)C)cc2)c1. The second kappa shape index (κ2) is 12.0. The Labute approximate surface area is 238 Å². The van der Waals surface area contributed by atoms with Gasteiger partial charge in [0.1, 0.15) is 5.60 Å². The van der Waals surface area contributed by atoms with Crippen LogP contribution in [0.15, 0.2) is 72.1 Å². The Bertz CT molecular complexity index is 1460. The van der Waals surface area contributed by atoms with E-state index >= 15 is 0 Å². The lowest BCUT2D eigenvalue weighted by Crippen LogP contribution is -2.38. The van der Waals surface area contributed by atoms with Gasteiger partial charge in [-0.1, -0.05) is 41.4 Å². The molecule has 0 saturated carbocycles. The molecular formula is C31H32ClN3O3S. The maximum atomic E-state index is 13.3. The van der Waals surface area contributed by atoms with Gasteiger partial charge in [0.05, 0.1) is 10.7 Å². The summed E-state index contributed by atoms with van der Waals surface area (Å²) in [4.78, 5) is 32.5. The summed E-state index contributed by atoms with van der Waals surface area (Å²) in [6, 6.07) is 20.4. The lowest BCUT2D eigenvalue weighted by atomic mass is 9.97. The first-order valence-electron chi connectivity index (χ1n) is 12.7. The lowest BCUT2D eigenvalue weighted by Gasteiger charge is -2.27. The van der Waals surface area contributed by atoms with Gasteiger partial charge in [-0.05, 0) is 88.2 Å². The molecule has 3 aromatic carbocycles. The number of nitrogens with zero attached hydrogens (tertiary/aromatic N) is 2. The van der Waals surface area contributed by atoms with E-state index in [9.17, 15) is 9.59 Å². The number of hydrogen-bond donors (Lipinski definition) is 1. The first kappa shape index (κ1) is 28.3. The molecule has 6 nitrogen and oxygen atoms in total. The van der Waals surface area contributed by atoms with E-state index in [4.69, 9.17) is 16.3 Å². The number of carbonyl (C=O) groups is 2. The van der Waals surface area contributed by atoms with Gasteiger partial charge in [0.2, 0.25) is 0 Å². The zero-order valence-corrected chi connectivity index (χ0v) is 24.3. The van der Waals surface area contributed by atoms with Crippen molar-refractivity contribution in [1.29, 1.82) is 0 Å². The fraction of sp³-hybridized carbons (Fsp3) is 0.258. The molecule has 1 heterocycles.